The molecule has 1 aliphatic rings. The van der Waals surface area contributed by atoms with Gasteiger partial charge in [-0.25, -0.2) is 4.79 Å². The molecule has 1 aromatic rings. The molecule has 21 heavy (non-hydrogen) atoms. The van der Waals surface area contributed by atoms with Crippen molar-refractivity contribution in [3.05, 3.63) is 53.1 Å². The first-order valence-corrected chi connectivity index (χ1v) is 7.25. The van der Waals surface area contributed by atoms with Gasteiger partial charge in [-0.2, -0.15) is 0 Å². The number of aromatic carboxylic acids is 1. The van der Waals surface area contributed by atoms with Crippen molar-refractivity contribution >= 4 is 11.5 Å². The molecule has 0 saturated carbocycles. The summed E-state index contributed by atoms with van der Waals surface area (Å²) in [6, 6.07) is 5.40. The summed E-state index contributed by atoms with van der Waals surface area (Å²) in [6.45, 7) is 7.94. The van der Waals surface area contributed by atoms with Gasteiger partial charge in [0.2, 0.25) is 0 Å². The number of hydrogen-bond acceptors (Lipinski definition) is 1. The van der Waals surface area contributed by atoms with Crippen LogP contribution in [0.3, 0.4) is 0 Å². The molecule has 1 N–H and O–H groups in total. The summed E-state index contributed by atoms with van der Waals surface area (Å²) >= 11 is 0. The van der Waals surface area contributed by atoms with E-state index in [1.165, 1.54) is 23.6 Å². The number of hydrogen-bond donors (Lipinski definition) is 1. The topological polar surface area (TPSA) is 37.3 Å². The maximum atomic E-state index is 11.5. The SMILES string of the molecule is C=CC#Cc1c(C(=O)O)cccc1C1=C(C)CCCC1C. The Bertz CT molecular complexity index is 669. The Morgan fingerprint density at radius 3 is 2.86 bits per heavy atom. The molecule has 1 atom stereocenters. The normalized spacial score (nSPS) is 17.9. The lowest BCUT2D eigenvalue weighted by atomic mass is 9.79. The van der Waals surface area contributed by atoms with Crippen molar-refractivity contribution in [3.63, 3.8) is 0 Å². The number of allylic oxidation sites excluding steroid dienone is 3. The van der Waals surface area contributed by atoms with Crippen molar-refractivity contribution in [3.8, 4) is 11.8 Å². The third-order valence-corrected chi connectivity index (χ3v) is 4.03. The number of rotatable bonds is 2. The van der Waals surface area contributed by atoms with Crippen LogP contribution < -0.4 is 0 Å². The molecule has 1 unspecified atom stereocenters. The second-order valence-electron chi connectivity index (χ2n) is 5.49. The van der Waals surface area contributed by atoms with Gasteiger partial charge in [-0.15, -0.1) is 0 Å². The van der Waals surface area contributed by atoms with E-state index in [9.17, 15) is 9.90 Å². The van der Waals surface area contributed by atoms with Crippen molar-refractivity contribution in [2.24, 2.45) is 5.92 Å². The van der Waals surface area contributed by atoms with Crippen LogP contribution in [0.4, 0.5) is 0 Å². The van der Waals surface area contributed by atoms with Crippen LogP contribution in [0.5, 0.6) is 0 Å². The summed E-state index contributed by atoms with van der Waals surface area (Å²) in [5, 5.41) is 9.41. The lowest BCUT2D eigenvalue weighted by Crippen LogP contribution is -2.11. The van der Waals surface area contributed by atoms with E-state index in [0.29, 0.717) is 11.5 Å². The van der Waals surface area contributed by atoms with Gasteiger partial charge in [0, 0.05) is 5.56 Å². The van der Waals surface area contributed by atoms with E-state index in [-0.39, 0.29) is 5.56 Å². The Kier molecular flexibility index (Phi) is 4.65. The van der Waals surface area contributed by atoms with E-state index in [1.807, 2.05) is 6.07 Å². The smallest absolute Gasteiger partial charge is 0.336 e. The van der Waals surface area contributed by atoms with Crippen molar-refractivity contribution in [2.75, 3.05) is 0 Å². The highest BCUT2D eigenvalue weighted by Gasteiger charge is 2.22. The molecule has 0 saturated heterocycles. The van der Waals surface area contributed by atoms with Crippen molar-refractivity contribution in [2.45, 2.75) is 33.1 Å². The molecule has 108 valence electrons. The fourth-order valence-electron chi connectivity index (χ4n) is 3.08. The van der Waals surface area contributed by atoms with Crippen molar-refractivity contribution < 1.29 is 9.90 Å². The predicted octanol–water partition coefficient (Wildman–Crippen LogP) is 4.52. The molecule has 2 nitrogen and oxygen atoms in total. The van der Waals surface area contributed by atoms with E-state index < -0.39 is 5.97 Å². The largest absolute Gasteiger partial charge is 0.478 e. The van der Waals surface area contributed by atoms with Crippen LogP contribution in [0.15, 0.2) is 36.4 Å². The van der Waals surface area contributed by atoms with Gasteiger partial charge in [0.15, 0.2) is 0 Å². The van der Waals surface area contributed by atoms with Gasteiger partial charge < -0.3 is 5.11 Å². The Balaban J connectivity index is 2.71. The molecule has 0 heterocycles. The number of benzene rings is 1. The van der Waals surface area contributed by atoms with Crippen LogP contribution in [0, 0.1) is 17.8 Å². The first kappa shape index (κ1) is 15.1. The first-order chi connectivity index (χ1) is 10.1. The average Bonchev–Trinajstić information content (AvgIpc) is 2.45. The van der Waals surface area contributed by atoms with Crippen LogP contribution in [0.25, 0.3) is 5.57 Å². The van der Waals surface area contributed by atoms with Crippen LogP contribution in [0.1, 0.15) is 54.6 Å². The van der Waals surface area contributed by atoms with E-state index >= 15 is 0 Å². The zero-order valence-corrected chi connectivity index (χ0v) is 12.6. The second-order valence-corrected chi connectivity index (χ2v) is 5.49. The minimum Gasteiger partial charge on any atom is -0.478 e. The van der Waals surface area contributed by atoms with Gasteiger partial charge in [-0.3, -0.25) is 0 Å². The molecule has 2 rings (SSSR count). The van der Waals surface area contributed by atoms with Crippen molar-refractivity contribution in [1.82, 2.24) is 0 Å². The Hall–Kier alpha value is -2.27. The molecule has 0 radical (unpaired) electrons. The van der Waals surface area contributed by atoms with Gasteiger partial charge in [0.1, 0.15) is 0 Å². The van der Waals surface area contributed by atoms with E-state index in [4.69, 9.17) is 0 Å². The van der Waals surface area contributed by atoms with Gasteiger partial charge in [0.25, 0.3) is 0 Å². The van der Waals surface area contributed by atoms with Gasteiger partial charge in [0.05, 0.1) is 5.56 Å². The van der Waals surface area contributed by atoms with Crippen molar-refractivity contribution in [1.29, 1.82) is 0 Å². The highest BCUT2D eigenvalue weighted by atomic mass is 16.4. The quantitative estimate of drug-likeness (QED) is 0.809. The molecule has 2 heteroatoms. The molecule has 0 spiro atoms. The summed E-state index contributed by atoms with van der Waals surface area (Å²) in [7, 11) is 0. The number of carbonyl (C=O) groups is 1. The van der Waals surface area contributed by atoms with E-state index in [0.717, 1.165) is 18.4 Å². The highest BCUT2D eigenvalue weighted by molar-refractivity contribution is 5.93. The maximum absolute atomic E-state index is 11.5. The number of carboxylic acid groups (broad SMARTS) is 1. The van der Waals surface area contributed by atoms with Gasteiger partial charge in [-0.05, 0) is 55.4 Å². The van der Waals surface area contributed by atoms with Crippen LogP contribution in [-0.4, -0.2) is 11.1 Å². The molecule has 0 bridgehead atoms. The van der Waals surface area contributed by atoms with Gasteiger partial charge in [-0.1, -0.05) is 43.0 Å². The molecule has 0 amide bonds. The lowest BCUT2D eigenvalue weighted by Gasteiger charge is -2.26. The zero-order valence-electron chi connectivity index (χ0n) is 12.6. The number of carboxylic acids is 1. The van der Waals surface area contributed by atoms with E-state index in [1.54, 1.807) is 12.1 Å². The van der Waals surface area contributed by atoms with Crippen LogP contribution in [0.2, 0.25) is 0 Å². The molecule has 0 aromatic heterocycles. The molecule has 0 aliphatic heterocycles. The third kappa shape index (κ3) is 3.08. The summed E-state index contributed by atoms with van der Waals surface area (Å²) in [6.07, 6.45) is 4.90. The summed E-state index contributed by atoms with van der Waals surface area (Å²) in [5.41, 5.74) is 4.44. The summed E-state index contributed by atoms with van der Waals surface area (Å²) in [4.78, 5) is 11.5. The molecular weight excluding hydrogens is 260 g/mol. The van der Waals surface area contributed by atoms with E-state index in [2.05, 4.69) is 32.3 Å². The fraction of sp³-hybridized carbons (Fsp3) is 0.316. The highest BCUT2D eigenvalue weighted by Crippen LogP contribution is 2.38. The minimum atomic E-state index is -0.938. The Morgan fingerprint density at radius 1 is 1.48 bits per heavy atom. The molecular formula is C19H20O2. The minimum absolute atomic E-state index is 0.264. The average molecular weight is 280 g/mol. The summed E-state index contributed by atoms with van der Waals surface area (Å²) < 4.78 is 0. The standard InChI is InChI=1S/C19H20O2/c1-4-5-10-15-16(11-7-12-17(15)19(20)21)18-13(2)8-6-9-14(18)3/h4,7,11-13H,1,6,8-9H2,2-3H3,(H,20,21). The second kappa shape index (κ2) is 6.45. The monoisotopic (exact) mass is 280 g/mol. The molecule has 0 fully saturated rings. The van der Waals surface area contributed by atoms with Crippen LogP contribution in [-0.2, 0) is 0 Å². The molecule has 1 aliphatic carbocycles. The maximum Gasteiger partial charge on any atom is 0.336 e. The molecule has 1 aromatic carbocycles. The predicted molar refractivity (Wildman–Crippen MR) is 86.1 cm³/mol. The van der Waals surface area contributed by atoms with Gasteiger partial charge >= 0.3 is 5.97 Å². The fourth-order valence-corrected chi connectivity index (χ4v) is 3.08. The zero-order chi connectivity index (χ0) is 15.4. The third-order valence-electron chi connectivity index (χ3n) is 4.03. The first-order valence-electron chi connectivity index (χ1n) is 7.25. The summed E-state index contributed by atoms with van der Waals surface area (Å²) in [5.74, 6) is 5.26. The van der Waals surface area contributed by atoms with Crippen LogP contribution >= 0.6 is 0 Å². The lowest BCUT2D eigenvalue weighted by molar-refractivity contribution is 0.0696. The Labute approximate surface area is 126 Å². The Morgan fingerprint density at radius 2 is 2.24 bits per heavy atom.